The number of amides is 1. The third-order valence-electron chi connectivity index (χ3n) is 5.78. The number of aromatic nitrogens is 2. The van der Waals surface area contributed by atoms with Crippen molar-refractivity contribution in [2.45, 2.75) is 51.0 Å². The first kappa shape index (κ1) is 18.8. The molecule has 6 nitrogen and oxygen atoms in total. The lowest BCUT2D eigenvalue weighted by atomic mass is 10.1. The molecule has 2 aliphatic carbocycles. The van der Waals surface area contributed by atoms with Gasteiger partial charge in [0, 0.05) is 25.1 Å². The van der Waals surface area contributed by atoms with E-state index in [0.717, 1.165) is 23.6 Å². The van der Waals surface area contributed by atoms with Crippen LogP contribution in [0.4, 0.5) is 0 Å². The Morgan fingerprint density at radius 3 is 2.75 bits per heavy atom. The number of ether oxygens (including phenoxy) is 2. The molecule has 1 amide bonds. The molecule has 1 aromatic carbocycles. The molecule has 0 atom stereocenters. The summed E-state index contributed by atoms with van der Waals surface area (Å²) in [4.78, 5) is 12.6. The fourth-order valence-corrected chi connectivity index (χ4v) is 3.98. The van der Waals surface area contributed by atoms with Crippen molar-refractivity contribution in [2.24, 2.45) is 13.0 Å². The smallest absolute Gasteiger partial charge is 0.269 e. The average molecular weight is 383 g/mol. The molecule has 0 aliphatic heterocycles. The van der Waals surface area contributed by atoms with Crippen LogP contribution in [0.2, 0.25) is 0 Å². The normalized spacial score (nSPS) is 16.9. The number of aryl methyl sites for hydroxylation is 1. The van der Waals surface area contributed by atoms with E-state index in [1.54, 1.807) is 11.8 Å². The lowest BCUT2D eigenvalue weighted by molar-refractivity contribution is 0.0941. The summed E-state index contributed by atoms with van der Waals surface area (Å²) in [7, 11) is 3.46. The molecule has 1 aromatic heterocycles. The Bertz CT molecular complexity index is 836. The van der Waals surface area contributed by atoms with E-state index in [0.29, 0.717) is 29.8 Å². The highest BCUT2D eigenvalue weighted by Crippen LogP contribution is 2.39. The van der Waals surface area contributed by atoms with Crippen LogP contribution in [0.1, 0.15) is 66.2 Å². The molecule has 2 saturated carbocycles. The van der Waals surface area contributed by atoms with Crippen molar-refractivity contribution in [3.63, 3.8) is 0 Å². The van der Waals surface area contributed by atoms with Gasteiger partial charge in [0.25, 0.3) is 5.91 Å². The van der Waals surface area contributed by atoms with E-state index in [4.69, 9.17) is 9.47 Å². The standard InChI is InChI=1S/C22H29N3O3/c1-25-19(12-18(24-25)16-10-11-16)22(26)23-13-17-8-5-9-20(21(17)27-2)28-14-15-6-3-4-7-15/h5,8-9,12,15-16H,3-4,6-7,10-11,13-14H2,1-2H3,(H,23,26). The van der Waals surface area contributed by atoms with Crippen LogP contribution in [0, 0.1) is 5.92 Å². The van der Waals surface area contributed by atoms with Gasteiger partial charge >= 0.3 is 0 Å². The number of nitrogens with zero attached hydrogens (tertiary/aromatic N) is 2. The van der Waals surface area contributed by atoms with E-state index in [1.165, 1.54) is 38.5 Å². The Hall–Kier alpha value is -2.50. The molecule has 2 aromatic rings. The van der Waals surface area contributed by atoms with E-state index in [2.05, 4.69) is 10.4 Å². The van der Waals surface area contributed by atoms with Gasteiger partial charge in [-0.2, -0.15) is 5.10 Å². The fraction of sp³-hybridized carbons (Fsp3) is 0.545. The molecule has 0 radical (unpaired) electrons. The number of carbonyl (C=O) groups is 1. The van der Waals surface area contributed by atoms with Crippen LogP contribution >= 0.6 is 0 Å². The molecule has 1 N–H and O–H groups in total. The molecule has 0 unspecified atom stereocenters. The Balaban J connectivity index is 1.40. The van der Waals surface area contributed by atoms with Crippen molar-refractivity contribution in [3.8, 4) is 11.5 Å². The first-order valence-electron chi connectivity index (χ1n) is 10.3. The summed E-state index contributed by atoms with van der Waals surface area (Å²) in [6.07, 6.45) is 7.42. The van der Waals surface area contributed by atoms with Crippen LogP contribution in [0.15, 0.2) is 24.3 Å². The van der Waals surface area contributed by atoms with Crippen LogP contribution in [-0.2, 0) is 13.6 Å². The number of methoxy groups -OCH3 is 1. The van der Waals surface area contributed by atoms with Gasteiger partial charge in [-0.15, -0.1) is 0 Å². The largest absolute Gasteiger partial charge is 0.493 e. The SMILES string of the molecule is COc1c(CNC(=O)c2cc(C3CC3)nn2C)cccc1OCC1CCCC1. The maximum Gasteiger partial charge on any atom is 0.269 e. The molecule has 28 heavy (non-hydrogen) atoms. The van der Waals surface area contributed by atoms with Crippen molar-refractivity contribution in [2.75, 3.05) is 13.7 Å². The second-order valence-corrected chi connectivity index (χ2v) is 7.95. The molecule has 0 bridgehead atoms. The lowest BCUT2D eigenvalue weighted by Crippen LogP contribution is -2.25. The van der Waals surface area contributed by atoms with Gasteiger partial charge in [-0.3, -0.25) is 9.48 Å². The van der Waals surface area contributed by atoms with Gasteiger partial charge in [0.2, 0.25) is 0 Å². The lowest BCUT2D eigenvalue weighted by Gasteiger charge is -2.17. The molecule has 2 aliphatic rings. The quantitative estimate of drug-likeness (QED) is 0.753. The number of para-hydroxylation sites is 1. The third-order valence-corrected chi connectivity index (χ3v) is 5.78. The fourth-order valence-electron chi connectivity index (χ4n) is 3.98. The summed E-state index contributed by atoms with van der Waals surface area (Å²) in [6, 6.07) is 7.75. The summed E-state index contributed by atoms with van der Waals surface area (Å²) in [6.45, 7) is 1.11. The Morgan fingerprint density at radius 1 is 1.25 bits per heavy atom. The number of rotatable bonds is 8. The van der Waals surface area contributed by atoms with Crippen molar-refractivity contribution < 1.29 is 14.3 Å². The van der Waals surface area contributed by atoms with Crippen LogP contribution in [0.3, 0.4) is 0 Å². The molecule has 1 heterocycles. The van der Waals surface area contributed by atoms with Crippen LogP contribution < -0.4 is 14.8 Å². The van der Waals surface area contributed by atoms with Crippen LogP contribution in [-0.4, -0.2) is 29.4 Å². The van der Waals surface area contributed by atoms with Crippen molar-refractivity contribution >= 4 is 5.91 Å². The number of hydrogen-bond donors (Lipinski definition) is 1. The van der Waals surface area contributed by atoms with Crippen LogP contribution in [0.5, 0.6) is 11.5 Å². The maximum atomic E-state index is 12.6. The molecule has 0 saturated heterocycles. The van der Waals surface area contributed by atoms with Crippen molar-refractivity contribution in [1.82, 2.24) is 15.1 Å². The molecule has 2 fully saturated rings. The van der Waals surface area contributed by atoms with Gasteiger partial charge in [0.15, 0.2) is 11.5 Å². The number of benzene rings is 1. The second kappa shape index (κ2) is 8.25. The molecule has 4 rings (SSSR count). The minimum absolute atomic E-state index is 0.124. The van der Waals surface area contributed by atoms with E-state index >= 15 is 0 Å². The molecular weight excluding hydrogens is 354 g/mol. The highest BCUT2D eigenvalue weighted by atomic mass is 16.5. The van der Waals surface area contributed by atoms with Crippen LogP contribution in [0.25, 0.3) is 0 Å². The zero-order valence-corrected chi connectivity index (χ0v) is 16.7. The van der Waals surface area contributed by atoms with E-state index in [-0.39, 0.29) is 5.91 Å². The summed E-state index contributed by atoms with van der Waals surface area (Å²) in [5.41, 5.74) is 2.52. The van der Waals surface area contributed by atoms with Crippen molar-refractivity contribution in [3.05, 3.63) is 41.2 Å². The molecule has 6 heteroatoms. The van der Waals surface area contributed by atoms with Gasteiger partial charge in [-0.25, -0.2) is 0 Å². The Labute approximate surface area is 166 Å². The highest BCUT2D eigenvalue weighted by Gasteiger charge is 2.28. The summed E-state index contributed by atoms with van der Waals surface area (Å²) in [5, 5.41) is 7.46. The summed E-state index contributed by atoms with van der Waals surface area (Å²) >= 11 is 0. The number of nitrogens with one attached hydrogen (secondary N) is 1. The molecular formula is C22H29N3O3. The first-order chi connectivity index (χ1) is 13.7. The van der Waals surface area contributed by atoms with Gasteiger partial charge < -0.3 is 14.8 Å². The van der Waals surface area contributed by atoms with Gasteiger partial charge in [-0.05, 0) is 43.7 Å². The minimum atomic E-state index is -0.124. The predicted octanol–water partition coefficient (Wildman–Crippen LogP) is 3.81. The minimum Gasteiger partial charge on any atom is -0.493 e. The summed E-state index contributed by atoms with van der Waals surface area (Å²) < 4.78 is 13.3. The third kappa shape index (κ3) is 4.16. The Kier molecular flexibility index (Phi) is 5.55. The highest BCUT2D eigenvalue weighted by molar-refractivity contribution is 5.92. The second-order valence-electron chi connectivity index (χ2n) is 7.95. The van der Waals surface area contributed by atoms with Crippen molar-refractivity contribution in [1.29, 1.82) is 0 Å². The molecule has 0 spiro atoms. The monoisotopic (exact) mass is 383 g/mol. The number of hydrogen-bond acceptors (Lipinski definition) is 4. The predicted molar refractivity (Wildman–Crippen MR) is 107 cm³/mol. The van der Waals surface area contributed by atoms with Gasteiger partial charge in [0.1, 0.15) is 5.69 Å². The van der Waals surface area contributed by atoms with Gasteiger partial charge in [0.05, 0.1) is 19.4 Å². The first-order valence-corrected chi connectivity index (χ1v) is 10.3. The zero-order valence-electron chi connectivity index (χ0n) is 16.7. The van der Waals surface area contributed by atoms with E-state index in [1.807, 2.05) is 31.3 Å². The van der Waals surface area contributed by atoms with E-state index < -0.39 is 0 Å². The maximum absolute atomic E-state index is 12.6. The topological polar surface area (TPSA) is 65.4 Å². The molecule has 150 valence electrons. The Morgan fingerprint density at radius 2 is 2.04 bits per heavy atom. The van der Waals surface area contributed by atoms with Gasteiger partial charge in [-0.1, -0.05) is 25.0 Å². The number of carbonyl (C=O) groups excluding carboxylic acids is 1. The zero-order chi connectivity index (χ0) is 19.5. The summed E-state index contributed by atoms with van der Waals surface area (Å²) in [5.74, 6) is 2.49. The van der Waals surface area contributed by atoms with E-state index in [9.17, 15) is 4.79 Å². The average Bonchev–Trinajstić information content (AvgIpc) is 3.28.